The molecule has 0 aliphatic rings. The Bertz CT molecular complexity index is 641. The maximum atomic E-state index is 11.8. The summed E-state index contributed by atoms with van der Waals surface area (Å²) in [7, 11) is 0. The van der Waals surface area contributed by atoms with Crippen molar-refractivity contribution in [2.75, 3.05) is 10.6 Å². The van der Waals surface area contributed by atoms with E-state index in [1.807, 2.05) is 0 Å². The number of nitrogens with zero attached hydrogens (tertiary/aromatic N) is 1. The molecule has 2 aromatic rings. The maximum Gasteiger partial charge on any atom is 0.335 e. The molecule has 0 saturated heterocycles. The van der Waals surface area contributed by atoms with Gasteiger partial charge in [0.2, 0.25) is 0 Å². The number of aryl methyl sites for hydroxylation is 1. The number of carbonyl (C=O) groups excluding carboxylic acids is 1. The van der Waals surface area contributed by atoms with Crippen LogP contribution >= 0.6 is 0 Å². The third-order valence-corrected chi connectivity index (χ3v) is 2.64. The van der Waals surface area contributed by atoms with Crippen molar-refractivity contribution in [3.05, 3.63) is 53.7 Å². The van der Waals surface area contributed by atoms with Gasteiger partial charge in [0, 0.05) is 11.9 Å². The van der Waals surface area contributed by atoms with Gasteiger partial charge in [-0.15, -0.1) is 0 Å². The highest BCUT2D eigenvalue weighted by Gasteiger charge is 2.09. The first kappa shape index (κ1) is 13.5. The number of urea groups is 1. The lowest BCUT2D eigenvalue weighted by atomic mass is 10.1. The lowest BCUT2D eigenvalue weighted by Gasteiger charge is -2.10. The van der Waals surface area contributed by atoms with Crippen molar-refractivity contribution >= 4 is 23.5 Å². The lowest BCUT2D eigenvalue weighted by Crippen LogP contribution is -2.20. The number of aromatic carboxylic acids is 1. The van der Waals surface area contributed by atoms with Gasteiger partial charge in [-0.05, 0) is 36.8 Å². The second-order valence-electron chi connectivity index (χ2n) is 4.13. The predicted molar refractivity (Wildman–Crippen MR) is 75.0 cm³/mol. The molecule has 6 nitrogen and oxygen atoms in total. The van der Waals surface area contributed by atoms with Crippen LogP contribution in [0.4, 0.5) is 16.3 Å². The van der Waals surface area contributed by atoms with Crippen LogP contribution in [-0.2, 0) is 0 Å². The number of hydrogen-bond donors (Lipinski definition) is 3. The van der Waals surface area contributed by atoms with Crippen LogP contribution < -0.4 is 10.6 Å². The zero-order chi connectivity index (χ0) is 14.5. The first-order chi connectivity index (χ1) is 9.56. The van der Waals surface area contributed by atoms with Crippen molar-refractivity contribution in [2.45, 2.75) is 6.92 Å². The van der Waals surface area contributed by atoms with Crippen LogP contribution in [0.2, 0.25) is 0 Å². The summed E-state index contributed by atoms with van der Waals surface area (Å²) in [5.41, 5.74) is 1.33. The SMILES string of the molecule is Cc1ccc(C(=O)O)cc1NC(=O)Nc1ccccn1. The molecule has 2 amide bonds. The summed E-state index contributed by atoms with van der Waals surface area (Å²) in [6.45, 7) is 1.78. The largest absolute Gasteiger partial charge is 0.478 e. The van der Waals surface area contributed by atoms with Crippen molar-refractivity contribution in [2.24, 2.45) is 0 Å². The average Bonchev–Trinajstić information content (AvgIpc) is 2.42. The second kappa shape index (κ2) is 5.83. The van der Waals surface area contributed by atoms with E-state index in [-0.39, 0.29) is 5.56 Å². The molecular weight excluding hydrogens is 258 g/mol. The van der Waals surface area contributed by atoms with E-state index in [0.717, 1.165) is 5.56 Å². The summed E-state index contributed by atoms with van der Waals surface area (Å²) < 4.78 is 0. The molecule has 0 spiro atoms. The predicted octanol–water partition coefficient (Wildman–Crippen LogP) is 2.73. The van der Waals surface area contributed by atoms with Crippen molar-refractivity contribution in [3.8, 4) is 0 Å². The summed E-state index contributed by atoms with van der Waals surface area (Å²) in [5.74, 6) is -0.629. The summed E-state index contributed by atoms with van der Waals surface area (Å²) >= 11 is 0. The molecule has 0 radical (unpaired) electrons. The summed E-state index contributed by atoms with van der Waals surface area (Å²) in [5, 5.41) is 14.1. The van der Waals surface area contributed by atoms with Crippen LogP contribution in [0.3, 0.4) is 0 Å². The van der Waals surface area contributed by atoms with Crippen molar-refractivity contribution in [1.82, 2.24) is 4.98 Å². The smallest absolute Gasteiger partial charge is 0.335 e. The maximum absolute atomic E-state index is 11.8. The van der Waals surface area contributed by atoms with E-state index in [0.29, 0.717) is 11.5 Å². The van der Waals surface area contributed by atoms with Gasteiger partial charge in [-0.3, -0.25) is 5.32 Å². The van der Waals surface area contributed by atoms with E-state index in [1.165, 1.54) is 12.1 Å². The van der Waals surface area contributed by atoms with Crippen molar-refractivity contribution in [3.63, 3.8) is 0 Å². The van der Waals surface area contributed by atoms with Crippen LogP contribution in [-0.4, -0.2) is 22.1 Å². The topological polar surface area (TPSA) is 91.3 Å². The minimum absolute atomic E-state index is 0.115. The number of carboxylic acids is 1. The molecular formula is C14H13N3O3. The zero-order valence-corrected chi connectivity index (χ0v) is 10.8. The first-order valence-electron chi connectivity index (χ1n) is 5.89. The van der Waals surface area contributed by atoms with Gasteiger partial charge in [-0.25, -0.2) is 14.6 Å². The van der Waals surface area contributed by atoms with Gasteiger partial charge >= 0.3 is 12.0 Å². The first-order valence-corrected chi connectivity index (χ1v) is 5.89. The number of aromatic nitrogens is 1. The van der Waals surface area contributed by atoms with E-state index < -0.39 is 12.0 Å². The molecule has 0 unspecified atom stereocenters. The van der Waals surface area contributed by atoms with E-state index in [4.69, 9.17) is 5.11 Å². The van der Waals surface area contributed by atoms with E-state index in [1.54, 1.807) is 37.4 Å². The molecule has 0 atom stereocenters. The highest BCUT2D eigenvalue weighted by Crippen LogP contribution is 2.17. The fourth-order valence-electron chi connectivity index (χ4n) is 1.60. The van der Waals surface area contributed by atoms with Gasteiger partial charge in [0.15, 0.2) is 0 Å². The fourth-order valence-corrected chi connectivity index (χ4v) is 1.60. The van der Waals surface area contributed by atoms with Gasteiger partial charge in [0.05, 0.1) is 5.56 Å². The summed E-state index contributed by atoms with van der Waals surface area (Å²) in [6, 6.07) is 9.20. The molecule has 0 bridgehead atoms. The van der Waals surface area contributed by atoms with Gasteiger partial charge in [0.1, 0.15) is 5.82 Å². The van der Waals surface area contributed by atoms with Gasteiger partial charge in [0.25, 0.3) is 0 Å². The third kappa shape index (κ3) is 3.32. The monoisotopic (exact) mass is 271 g/mol. The molecule has 1 aromatic heterocycles. The van der Waals surface area contributed by atoms with Crippen molar-refractivity contribution < 1.29 is 14.7 Å². The van der Waals surface area contributed by atoms with E-state index in [9.17, 15) is 9.59 Å². The van der Waals surface area contributed by atoms with Crippen LogP contribution in [0.5, 0.6) is 0 Å². The zero-order valence-electron chi connectivity index (χ0n) is 10.8. The molecule has 3 N–H and O–H groups in total. The highest BCUT2D eigenvalue weighted by molar-refractivity contribution is 6.00. The highest BCUT2D eigenvalue weighted by atomic mass is 16.4. The number of carboxylic acid groups (broad SMARTS) is 1. The number of nitrogens with one attached hydrogen (secondary N) is 2. The van der Waals surface area contributed by atoms with Crippen LogP contribution in [0.25, 0.3) is 0 Å². The van der Waals surface area contributed by atoms with Gasteiger partial charge < -0.3 is 10.4 Å². The number of benzene rings is 1. The molecule has 1 heterocycles. The number of rotatable bonds is 3. The fraction of sp³-hybridized carbons (Fsp3) is 0.0714. The summed E-state index contributed by atoms with van der Waals surface area (Å²) in [6.07, 6.45) is 1.56. The molecule has 0 aliphatic carbocycles. The van der Waals surface area contributed by atoms with Gasteiger partial charge in [-0.2, -0.15) is 0 Å². The van der Waals surface area contributed by atoms with Crippen molar-refractivity contribution in [1.29, 1.82) is 0 Å². The molecule has 1 aromatic carbocycles. The Morgan fingerprint density at radius 2 is 1.95 bits per heavy atom. The molecule has 6 heteroatoms. The standard InChI is InChI=1S/C14H13N3O3/c1-9-5-6-10(13(18)19)8-11(9)16-14(20)17-12-4-2-3-7-15-12/h2-8H,1H3,(H,18,19)(H2,15,16,17,20). The van der Waals surface area contributed by atoms with Crippen LogP contribution in [0.15, 0.2) is 42.6 Å². The number of amides is 2. The number of pyridine rings is 1. The Hall–Kier alpha value is -2.89. The quantitative estimate of drug-likeness (QED) is 0.800. The minimum Gasteiger partial charge on any atom is -0.478 e. The molecule has 20 heavy (non-hydrogen) atoms. The number of carbonyl (C=O) groups is 2. The minimum atomic E-state index is -1.04. The van der Waals surface area contributed by atoms with E-state index in [2.05, 4.69) is 15.6 Å². The second-order valence-corrected chi connectivity index (χ2v) is 4.13. The third-order valence-electron chi connectivity index (χ3n) is 2.64. The summed E-state index contributed by atoms with van der Waals surface area (Å²) in [4.78, 5) is 26.7. The van der Waals surface area contributed by atoms with Crippen LogP contribution in [0.1, 0.15) is 15.9 Å². The van der Waals surface area contributed by atoms with E-state index >= 15 is 0 Å². The normalized spacial score (nSPS) is 9.85. The molecule has 102 valence electrons. The van der Waals surface area contributed by atoms with Gasteiger partial charge in [-0.1, -0.05) is 12.1 Å². The Morgan fingerprint density at radius 1 is 1.15 bits per heavy atom. The molecule has 2 rings (SSSR count). The Morgan fingerprint density at radius 3 is 2.60 bits per heavy atom. The molecule has 0 aliphatic heterocycles. The van der Waals surface area contributed by atoms with Crippen LogP contribution in [0, 0.1) is 6.92 Å². The average molecular weight is 271 g/mol. The molecule has 0 saturated carbocycles. The Balaban J connectivity index is 2.11. The Kier molecular flexibility index (Phi) is 3.95. The Labute approximate surface area is 115 Å². The number of anilines is 2. The molecule has 0 fully saturated rings. The lowest BCUT2D eigenvalue weighted by molar-refractivity contribution is 0.0697. The number of hydrogen-bond acceptors (Lipinski definition) is 3.